The maximum Gasteiger partial charge on any atom is 0.197 e. The van der Waals surface area contributed by atoms with Gasteiger partial charge in [0.1, 0.15) is 11.5 Å². The first-order chi connectivity index (χ1) is 9.17. The number of carbonyl (C=O) groups excluding carboxylic acids is 1. The lowest BCUT2D eigenvalue weighted by molar-refractivity contribution is 0.103. The van der Waals surface area contributed by atoms with Crippen LogP contribution in [0.15, 0.2) is 42.5 Å². The molecule has 0 aliphatic rings. The molecule has 0 atom stereocenters. The minimum absolute atomic E-state index is 0.0687. The number of rotatable bonds is 4. The number of benzene rings is 2. The molecule has 2 aromatic rings. The van der Waals surface area contributed by atoms with Crippen LogP contribution in [-0.4, -0.2) is 20.0 Å². The lowest BCUT2D eigenvalue weighted by atomic mass is 10.0. The number of ketones is 1. The van der Waals surface area contributed by atoms with Gasteiger partial charge in [-0.3, -0.25) is 4.79 Å². The number of carbonyl (C=O) groups is 1. The predicted molar refractivity (Wildman–Crippen MR) is 82.1 cm³/mol. The Morgan fingerprint density at radius 3 is 2.37 bits per heavy atom. The summed E-state index contributed by atoms with van der Waals surface area (Å²) in [6.45, 7) is 0. The lowest BCUT2D eigenvalue weighted by Crippen LogP contribution is -2.06. The molecule has 0 aromatic heterocycles. The molecule has 4 heteroatoms. The SMILES string of the molecule is COc1ccc(OC)c(C(=O)c2ccccc2I)c1. The van der Waals surface area contributed by atoms with Crippen LogP contribution in [0.5, 0.6) is 11.5 Å². The molecule has 0 fully saturated rings. The van der Waals surface area contributed by atoms with Gasteiger partial charge in [-0.1, -0.05) is 12.1 Å². The fourth-order valence-electron chi connectivity index (χ4n) is 1.78. The Morgan fingerprint density at radius 1 is 1.00 bits per heavy atom. The summed E-state index contributed by atoms with van der Waals surface area (Å²) in [6.07, 6.45) is 0. The van der Waals surface area contributed by atoms with Crippen LogP contribution in [0.1, 0.15) is 15.9 Å². The zero-order valence-corrected chi connectivity index (χ0v) is 12.8. The lowest BCUT2D eigenvalue weighted by Gasteiger charge is -2.10. The Kier molecular flexibility index (Phi) is 4.42. The molecule has 0 N–H and O–H groups in total. The highest BCUT2D eigenvalue weighted by Gasteiger charge is 2.17. The van der Waals surface area contributed by atoms with Crippen molar-refractivity contribution in [3.63, 3.8) is 0 Å². The van der Waals surface area contributed by atoms with Crippen LogP contribution in [0.4, 0.5) is 0 Å². The topological polar surface area (TPSA) is 35.5 Å². The second-order valence-electron chi connectivity index (χ2n) is 3.88. The predicted octanol–water partition coefficient (Wildman–Crippen LogP) is 3.54. The Hall–Kier alpha value is -1.56. The number of ether oxygens (including phenoxy) is 2. The molecule has 0 bridgehead atoms. The Balaban J connectivity index is 2.51. The molecular weight excluding hydrogens is 355 g/mol. The summed E-state index contributed by atoms with van der Waals surface area (Å²) in [4.78, 5) is 12.6. The third-order valence-electron chi connectivity index (χ3n) is 2.77. The largest absolute Gasteiger partial charge is 0.497 e. The molecule has 0 amide bonds. The molecule has 0 radical (unpaired) electrons. The van der Waals surface area contributed by atoms with E-state index in [1.54, 1.807) is 32.4 Å². The molecule has 98 valence electrons. The van der Waals surface area contributed by atoms with Gasteiger partial charge in [0, 0.05) is 9.13 Å². The Labute approximate surface area is 125 Å². The number of halogens is 1. The van der Waals surface area contributed by atoms with Crippen LogP contribution >= 0.6 is 22.6 Å². The van der Waals surface area contributed by atoms with Gasteiger partial charge in [0.05, 0.1) is 19.8 Å². The van der Waals surface area contributed by atoms with Gasteiger partial charge in [0.15, 0.2) is 5.78 Å². The van der Waals surface area contributed by atoms with Gasteiger partial charge in [-0.05, 0) is 52.9 Å². The maximum atomic E-state index is 12.6. The van der Waals surface area contributed by atoms with Crippen LogP contribution in [0, 0.1) is 3.57 Å². The molecule has 19 heavy (non-hydrogen) atoms. The van der Waals surface area contributed by atoms with Crippen LogP contribution in [-0.2, 0) is 0 Å². The van der Waals surface area contributed by atoms with Crippen molar-refractivity contribution < 1.29 is 14.3 Å². The first kappa shape index (κ1) is 13.9. The highest BCUT2D eigenvalue weighted by molar-refractivity contribution is 14.1. The van der Waals surface area contributed by atoms with E-state index >= 15 is 0 Å². The minimum atomic E-state index is -0.0687. The molecular formula is C15H13IO3. The maximum absolute atomic E-state index is 12.6. The monoisotopic (exact) mass is 368 g/mol. The van der Waals surface area contributed by atoms with Crippen LogP contribution in [0.3, 0.4) is 0 Å². The van der Waals surface area contributed by atoms with Crippen molar-refractivity contribution >= 4 is 28.4 Å². The van der Waals surface area contributed by atoms with Gasteiger partial charge in [-0.2, -0.15) is 0 Å². The molecule has 0 spiro atoms. The van der Waals surface area contributed by atoms with E-state index in [-0.39, 0.29) is 5.78 Å². The standard InChI is InChI=1S/C15H13IO3/c1-18-10-7-8-14(19-2)12(9-10)15(17)11-5-3-4-6-13(11)16/h3-9H,1-2H3. The highest BCUT2D eigenvalue weighted by Crippen LogP contribution is 2.27. The third kappa shape index (κ3) is 2.89. The zero-order chi connectivity index (χ0) is 13.8. The van der Waals surface area contributed by atoms with E-state index in [9.17, 15) is 4.79 Å². The number of hydrogen-bond donors (Lipinski definition) is 0. The molecule has 0 unspecified atom stereocenters. The second kappa shape index (κ2) is 6.06. The van der Waals surface area contributed by atoms with E-state index in [0.29, 0.717) is 22.6 Å². The summed E-state index contributed by atoms with van der Waals surface area (Å²) < 4.78 is 11.3. The average Bonchev–Trinajstić information content (AvgIpc) is 2.46. The molecule has 0 saturated carbocycles. The second-order valence-corrected chi connectivity index (χ2v) is 5.04. The van der Waals surface area contributed by atoms with E-state index < -0.39 is 0 Å². The number of hydrogen-bond acceptors (Lipinski definition) is 3. The molecule has 2 rings (SSSR count). The normalized spacial score (nSPS) is 10.1. The van der Waals surface area contributed by atoms with E-state index in [1.165, 1.54) is 0 Å². The molecule has 0 saturated heterocycles. The van der Waals surface area contributed by atoms with Crippen molar-refractivity contribution in [2.24, 2.45) is 0 Å². The van der Waals surface area contributed by atoms with Crippen LogP contribution in [0.2, 0.25) is 0 Å². The van der Waals surface area contributed by atoms with Gasteiger partial charge in [0.25, 0.3) is 0 Å². The van der Waals surface area contributed by atoms with Crippen molar-refractivity contribution in [3.8, 4) is 11.5 Å². The fraction of sp³-hybridized carbons (Fsp3) is 0.133. The zero-order valence-electron chi connectivity index (χ0n) is 10.6. The third-order valence-corrected chi connectivity index (χ3v) is 3.71. The van der Waals surface area contributed by atoms with Gasteiger partial charge >= 0.3 is 0 Å². The van der Waals surface area contributed by atoms with Crippen LogP contribution < -0.4 is 9.47 Å². The molecule has 0 heterocycles. The minimum Gasteiger partial charge on any atom is -0.497 e. The van der Waals surface area contributed by atoms with Gasteiger partial charge in [0.2, 0.25) is 0 Å². The van der Waals surface area contributed by atoms with Crippen molar-refractivity contribution in [1.29, 1.82) is 0 Å². The summed E-state index contributed by atoms with van der Waals surface area (Å²) in [6, 6.07) is 12.7. The summed E-state index contributed by atoms with van der Waals surface area (Å²) in [5.41, 5.74) is 1.17. The number of methoxy groups -OCH3 is 2. The van der Waals surface area contributed by atoms with Gasteiger partial charge < -0.3 is 9.47 Å². The first-order valence-corrected chi connectivity index (χ1v) is 6.76. The summed E-state index contributed by atoms with van der Waals surface area (Å²) in [7, 11) is 3.12. The van der Waals surface area contributed by atoms with E-state index in [4.69, 9.17) is 9.47 Å². The molecule has 2 aromatic carbocycles. The fourth-order valence-corrected chi connectivity index (χ4v) is 2.41. The molecule has 0 aliphatic heterocycles. The average molecular weight is 368 g/mol. The van der Waals surface area contributed by atoms with Crippen molar-refractivity contribution in [2.45, 2.75) is 0 Å². The Bertz CT molecular complexity index is 608. The van der Waals surface area contributed by atoms with Gasteiger partial charge in [-0.15, -0.1) is 0 Å². The quantitative estimate of drug-likeness (QED) is 0.612. The van der Waals surface area contributed by atoms with Crippen molar-refractivity contribution in [2.75, 3.05) is 14.2 Å². The smallest absolute Gasteiger partial charge is 0.197 e. The molecule has 3 nitrogen and oxygen atoms in total. The molecule has 0 aliphatic carbocycles. The van der Waals surface area contributed by atoms with Crippen LogP contribution in [0.25, 0.3) is 0 Å². The van der Waals surface area contributed by atoms with Crippen molar-refractivity contribution in [1.82, 2.24) is 0 Å². The van der Waals surface area contributed by atoms with Gasteiger partial charge in [-0.25, -0.2) is 0 Å². The van der Waals surface area contributed by atoms with E-state index in [2.05, 4.69) is 22.6 Å². The van der Waals surface area contributed by atoms with E-state index in [0.717, 1.165) is 3.57 Å². The van der Waals surface area contributed by atoms with Crippen molar-refractivity contribution in [3.05, 3.63) is 57.2 Å². The summed E-state index contributed by atoms with van der Waals surface area (Å²) in [5, 5.41) is 0. The highest BCUT2D eigenvalue weighted by atomic mass is 127. The Morgan fingerprint density at radius 2 is 1.74 bits per heavy atom. The summed E-state index contributed by atoms with van der Waals surface area (Å²) in [5.74, 6) is 1.11. The first-order valence-electron chi connectivity index (χ1n) is 5.68. The van der Waals surface area contributed by atoms with E-state index in [1.807, 2.05) is 24.3 Å². The summed E-state index contributed by atoms with van der Waals surface area (Å²) >= 11 is 2.15.